The number of amides is 2. The van der Waals surface area contributed by atoms with E-state index in [1.165, 1.54) is 4.90 Å². The lowest BCUT2D eigenvalue weighted by Gasteiger charge is -2.21. The fourth-order valence-electron chi connectivity index (χ4n) is 3.86. The second kappa shape index (κ2) is 8.14. The zero-order chi connectivity index (χ0) is 22.1. The van der Waals surface area contributed by atoms with Crippen LogP contribution in [0.25, 0.3) is 10.9 Å². The number of rotatable bonds is 4. The van der Waals surface area contributed by atoms with Crippen LogP contribution in [0.5, 0.6) is 5.75 Å². The second-order valence-corrected chi connectivity index (χ2v) is 7.63. The van der Waals surface area contributed by atoms with Crippen LogP contribution in [0.3, 0.4) is 0 Å². The number of aromatic nitrogens is 3. The number of nitrogens with zero attached hydrogens (tertiary/aromatic N) is 4. The van der Waals surface area contributed by atoms with Gasteiger partial charge in [-0.15, -0.1) is 0 Å². The number of hydrogen-bond acceptors (Lipinski definition) is 5. The van der Waals surface area contributed by atoms with Crippen LogP contribution in [0, 0.1) is 0 Å². The molecular formula is C24H21N5O3. The number of anilines is 1. The third-order valence-corrected chi connectivity index (χ3v) is 5.47. The summed E-state index contributed by atoms with van der Waals surface area (Å²) in [5.41, 5.74) is 2.75. The van der Waals surface area contributed by atoms with Crippen LogP contribution in [0.2, 0.25) is 0 Å². The Hall–Kier alpha value is -4.20. The van der Waals surface area contributed by atoms with Gasteiger partial charge < -0.3 is 19.5 Å². The number of fused-ring (bicyclic) bond motifs is 3. The Balaban J connectivity index is 1.33. The molecule has 1 N–H and O–H groups in total. The number of imidazole rings is 1. The highest BCUT2D eigenvalue weighted by Crippen LogP contribution is 2.37. The van der Waals surface area contributed by atoms with Crippen LogP contribution < -0.4 is 15.0 Å². The zero-order valence-electron chi connectivity index (χ0n) is 17.4. The fraction of sp³-hybridized carbons (Fsp3) is 0.167. The first-order chi connectivity index (χ1) is 15.6. The van der Waals surface area contributed by atoms with Crippen molar-refractivity contribution < 1.29 is 14.3 Å². The summed E-state index contributed by atoms with van der Waals surface area (Å²) < 4.78 is 7.73. The van der Waals surface area contributed by atoms with Gasteiger partial charge in [-0.05, 0) is 29.8 Å². The molecule has 0 fully saturated rings. The number of carbonyl (C=O) groups is 2. The van der Waals surface area contributed by atoms with Crippen LogP contribution in [0.4, 0.5) is 5.69 Å². The third kappa shape index (κ3) is 3.66. The Morgan fingerprint density at radius 1 is 1.12 bits per heavy atom. The molecule has 4 aromatic rings. The number of nitrogens with one attached hydrogen (secondary N) is 1. The van der Waals surface area contributed by atoms with E-state index in [0.29, 0.717) is 18.0 Å². The summed E-state index contributed by atoms with van der Waals surface area (Å²) in [6.07, 6.45) is 4.98. The smallest absolute Gasteiger partial charge is 0.272 e. The molecule has 5 rings (SSSR count). The summed E-state index contributed by atoms with van der Waals surface area (Å²) in [5, 5.41) is 3.58. The summed E-state index contributed by atoms with van der Waals surface area (Å²) >= 11 is 0. The van der Waals surface area contributed by atoms with Crippen molar-refractivity contribution in [3.8, 4) is 5.75 Å². The second-order valence-electron chi connectivity index (χ2n) is 7.63. The van der Waals surface area contributed by atoms with Gasteiger partial charge in [0, 0.05) is 31.4 Å². The average molecular weight is 427 g/mol. The van der Waals surface area contributed by atoms with E-state index in [9.17, 15) is 9.59 Å². The molecule has 0 aliphatic carbocycles. The highest BCUT2D eigenvalue weighted by Gasteiger charge is 2.32. The van der Waals surface area contributed by atoms with Crippen LogP contribution in [0.15, 0.2) is 73.3 Å². The molecule has 8 heteroatoms. The van der Waals surface area contributed by atoms with E-state index in [-0.39, 0.29) is 18.2 Å². The van der Waals surface area contributed by atoms with Crippen molar-refractivity contribution >= 4 is 28.4 Å². The molecule has 1 aliphatic rings. The lowest BCUT2D eigenvalue weighted by atomic mass is 10.1. The van der Waals surface area contributed by atoms with E-state index >= 15 is 0 Å². The van der Waals surface area contributed by atoms with E-state index in [0.717, 1.165) is 16.5 Å². The fourth-order valence-corrected chi connectivity index (χ4v) is 3.86. The van der Waals surface area contributed by atoms with Gasteiger partial charge in [-0.25, -0.2) is 4.98 Å². The molecule has 0 saturated carbocycles. The maximum absolute atomic E-state index is 13.2. The van der Waals surface area contributed by atoms with Crippen molar-refractivity contribution in [1.82, 2.24) is 19.9 Å². The summed E-state index contributed by atoms with van der Waals surface area (Å²) in [4.78, 5) is 36.0. The van der Waals surface area contributed by atoms with Crippen molar-refractivity contribution in [2.45, 2.75) is 12.6 Å². The number of pyridine rings is 1. The maximum Gasteiger partial charge on any atom is 0.272 e. The van der Waals surface area contributed by atoms with Gasteiger partial charge in [-0.3, -0.25) is 14.6 Å². The SMILES string of the molecule is CN1C(=O)[C@@H](NC(=O)c2cn(Cc3ccccc3)cn2)COc2ccc3ncccc3c21. The van der Waals surface area contributed by atoms with Crippen molar-refractivity contribution in [3.63, 3.8) is 0 Å². The third-order valence-electron chi connectivity index (χ3n) is 5.47. The van der Waals surface area contributed by atoms with E-state index in [1.807, 2.05) is 53.1 Å². The first-order valence-electron chi connectivity index (χ1n) is 10.2. The average Bonchev–Trinajstić information content (AvgIpc) is 3.25. The molecule has 0 saturated heterocycles. The van der Waals surface area contributed by atoms with E-state index < -0.39 is 11.9 Å². The Bertz CT molecular complexity index is 1300. The number of benzene rings is 2. The van der Waals surface area contributed by atoms with Crippen molar-refractivity contribution in [2.75, 3.05) is 18.6 Å². The van der Waals surface area contributed by atoms with E-state index in [1.54, 1.807) is 31.8 Å². The lowest BCUT2D eigenvalue weighted by molar-refractivity contribution is -0.120. The highest BCUT2D eigenvalue weighted by atomic mass is 16.5. The zero-order valence-corrected chi connectivity index (χ0v) is 17.4. The van der Waals surface area contributed by atoms with Crippen LogP contribution >= 0.6 is 0 Å². The summed E-state index contributed by atoms with van der Waals surface area (Å²) in [6.45, 7) is 0.629. The van der Waals surface area contributed by atoms with Crippen molar-refractivity contribution in [3.05, 3.63) is 84.6 Å². The molecule has 3 heterocycles. The van der Waals surface area contributed by atoms with Gasteiger partial charge in [0.25, 0.3) is 11.8 Å². The Morgan fingerprint density at radius 3 is 2.81 bits per heavy atom. The quantitative estimate of drug-likeness (QED) is 0.541. The van der Waals surface area contributed by atoms with Crippen molar-refractivity contribution in [2.24, 2.45) is 0 Å². The van der Waals surface area contributed by atoms with E-state index in [2.05, 4.69) is 15.3 Å². The van der Waals surface area contributed by atoms with Gasteiger partial charge in [0.15, 0.2) is 0 Å². The van der Waals surface area contributed by atoms with Crippen LogP contribution in [-0.2, 0) is 11.3 Å². The van der Waals surface area contributed by atoms with Gasteiger partial charge in [0.1, 0.15) is 24.1 Å². The van der Waals surface area contributed by atoms with Crippen LogP contribution in [-0.4, -0.2) is 46.0 Å². The Kier molecular flexibility index (Phi) is 5.03. The van der Waals surface area contributed by atoms with Gasteiger partial charge in [-0.1, -0.05) is 30.3 Å². The molecule has 2 aromatic carbocycles. The standard InChI is InChI=1S/C24H21N5O3/c1-28-22-17-8-5-11-25-18(17)9-10-21(22)32-14-20(24(28)31)27-23(30)19-13-29(15-26-19)12-16-6-3-2-4-7-16/h2-11,13,15,20H,12,14H2,1H3,(H,27,30)/t20-/m0/s1. The molecule has 2 aromatic heterocycles. The van der Waals surface area contributed by atoms with Gasteiger partial charge in [0.2, 0.25) is 0 Å². The number of likely N-dealkylation sites (N-methyl/N-ethyl adjacent to an activating group) is 1. The molecule has 8 nitrogen and oxygen atoms in total. The normalized spacial score (nSPS) is 15.7. The number of ether oxygens (including phenoxy) is 1. The summed E-state index contributed by atoms with van der Waals surface area (Å²) in [5.74, 6) is -0.118. The molecule has 0 spiro atoms. The molecule has 1 aliphatic heterocycles. The van der Waals surface area contributed by atoms with Crippen molar-refractivity contribution in [1.29, 1.82) is 0 Å². The summed E-state index contributed by atoms with van der Waals surface area (Å²) in [6, 6.07) is 16.4. The minimum absolute atomic E-state index is 0.0262. The predicted octanol–water partition coefficient (Wildman–Crippen LogP) is 2.63. The maximum atomic E-state index is 13.2. The Morgan fingerprint density at radius 2 is 1.97 bits per heavy atom. The number of carbonyl (C=O) groups excluding carboxylic acids is 2. The monoisotopic (exact) mass is 427 g/mol. The molecule has 0 radical (unpaired) electrons. The van der Waals surface area contributed by atoms with Crippen LogP contribution in [0.1, 0.15) is 16.1 Å². The molecule has 160 valence electrons. The highest BCUT2D eigenvalue weighted by molar-refractivity contribution is 6.08. The minimum atomic E-state index is -0.842. The van der Waals surface area contributed by atoms with Gasteiger partial charge >= 0.3 is 0 Å². The molecular weight excluding hydrogens is 406 g/mol. The molecule has 32 heavy (non-hydrogen) atoms. The predicted molar refractivity (Wildman–Crippen MR) is 120 cm³/mol. The molecule has 0 bridgehead atoms. The Labute approximate surface area is 184 Å². The van der Waals surface area contributed by atoms with Gasteiger partial charge in [-0.2, -0.15) is 0 Å². The van der Waals surface area contributed by atoms with E-state index in [4.69, 9.17) is 4.74 Å². The first kappa shape index (κ1) is 19.7. The lowest BCUT2D eigenvalue weighted by Crippen LogP contribution is -2.49. The molecule has 1 atom stereocenters. The number of hydrogen-bond donors (Lipinski definition) is 1. The topological polar surface area (TPSA) is 89.4 Å². The van der Waals surface area contributed by atoms with Gasteiger partial charge in [0.05, 0.1) is 17.5 Å². The summed E-state index contributed by atoms with van der Waals surface area (Å²) in [7, 11) is 1.68. The first-order valence-corrected chi connectivity index (χ1v) is 10.2. The minimum Gasteiger partial charge on any atom is -0.489 e. The largest absolute Gasteiger partial charge is 0.489 e. The molecule has 2 amide bonds. The molecule has 0 unspecified atom stereocenters.